The molecule has 130 heavy (non-hydrogen) atoms. The van der Waals surface area contributed by atoms with E-state index in [0.717, 1.165) is 36.1 Å². The van der Waals surface area contributed by atoms with Crippen LogP contribution in [0.2, 0.25) is 23.3 Å². The predicted molar refractivity (Wildman–Crippen MR) is 499 cm³/mol. The van der Waals surface area contributed by atoms with Crippen LogP contribution in [0.3, 0.4) is 0 Å². The van der Waals surface area contributed by atoms with Gasteiger partial charge in [0.2, 0.25) is 5.91 Å². The molecule has 3 aromatic heterocycles. The van der Waals surface area contributed by atoms with E-state index in [0.29, 0.717) is 143 Å². The summed E-state index contributed by atoms with van der Waals surface area (Å²) in [5, 5.41) is 73.2. The topological polar surface area (TPSA) is 570 Å². The van der Waals surface area contributed by atoms with Crippen LogP contribution in [0.15, 0.2) is 101 Å². The molecule has 2 amide bonds. The summed E-state index contributed by atoms with van der Waals surface area (Å²) in [5.41, 5.74) is 26.5. The molecule has 6 fully saturated rings. The number of ketones is 10. The van der Waals surface area contributed by atoms with Crippen LogP contribution >= 0.6 is 34.4 Å². The second-order valence-corrected chi connectivity index (χ2v) is 36.5. The number of thiazole rings is 2. The largest absolute Gasteiger partial charge is 0.478 e. The molecule has 6 aliphatic rings. The molecule has 0 radical (unpaired) electrons. The first-order chi connectivity index (χ1) is 61.8. The molecular weight excluding hydrogens is 1730 g/mol. The van der Waals surface area contributed by atoms with Gasteiger partial charge in [-0.15, -0.1) is 22.7 Å². The van der Waals surface area contributed by atoms with Gasteiger partial charge in [-0.05, 0) is 179 Å². The number of nitrogens with zero attached hydrogens (tertiary/aromatic N) is 4. The monoisotopic (exact) mass is 1860 g/mol. The lowest BCUT2D eigenvalue weighted by Crippen LogP contribution is -2.53. The summed E-state index contributed by atoms with van der Waals surface area (Å²) >= 11 is 4.14. The van der Waals surface area contributed by atoms with E-state index >= 15 is 0 Å². The highest BCUT2D eigenvalue weighted by Gasteiger charge is 2.43. The molecule has 0 saturated carbocycles. The Kier molecular flexibility index (Phi) is 49.9. The van der Waals surface area contributed by atoms with E-state index in [4.69, 9.17) is 55.7 Å². The van der Waals surface area contributed by atoms with Crippen molar-refractivity contribution in [3.05, 3.63) is 124 Å². The lowest BCUT2D eigenvalue weighted by Gasteiger charge is -2.31. The molecule has 11 rings (SSSR count). The van der Waals surface area contributed by atoms with Gasteiger partial charge >= 0.3 is 42.7 Å². The highest BCUT2D eigenvalue weighted by Crippen LogP contribution is 2.36. The summed E-state index contributed by atoms with van der Waals surface area (Å²) < 4.78 is 32.5. The van der Waals surface area contributed by atoms with Crippen LogP contribution in [0.5, 0.6) is 0 Å². The van der Waals surface area contributed by atoms with E-state index in [1.807, 2.05) is 48.7 Å². The molecular formula is C86H126B6N10O25S3. The summed E-state index contributed by atoms with van der Waals surface area (Å²) in [4.78, 5) is 156. The number of nitrogen functional groups attached to an aromatic ring is 2. The Morgan fingerprint density at radius 3 is 1.28 bits per heavy atom. The number of hydrogen-bond acceptors (Lipinski definition) is 36. The van der Waals surface area contributed by atoms with Crippen molar-refractivity contribution in [2.24, 2.45) is 16.6 Å². The Morgan fingerprint density at radius 1 is 0.492 bits per heavy atom. The van der Waals surface area contributed by atoms with Gasteiger partial charge in [0, 0.05) is 159 Å². The van der Waals surface area contributed by atoms with E-state index in [-0.39, 0.29) is 174 Å². The van der Waals surface area contributed by atoms with Crippen LogP contribution in [-0.2, 0) is 105 Å². The third-order valence-electron chi connectivity index (χ3n) is 22.3. The number of rotatable bonds is 38. The maximum absolute atomic E-state index is 12.5. The SMILES string of the molecule is CC(=O)C[C@@H]1CC[C@H](CC(=O)C(N)Cc2cccnc2)B(O)O1.CC(=O)C[C@@H]1CC[C@H](CC(=O)CCc2ccccc2)B(O)O1.CC(=O)C[C@@H]1CC[C@H](NC(=O)Cc2csc(N)n2)B(O)O1.CC(=O)C[C@@H]1CC[C@H](NC(=O)c2ccccc2)B(O)O1.CO/N=C(\C(=O)C[C@H]1CC[C@@H](CC(C)=O)OB1O)c1csc(N)n1.CSCCC(N)C(=O)C[C@H]1CC[C@@H](CC(C)=O)OB1O. The van der Waals surface area contributed by atoms with Crippen LogP contribution in [0, 0.1) is 0 Å². The van der Waals surface area contributed by atoms with Crippen molar-refractivity contribution in [3.63, 3.8) is 0 Å². The molecule has 2 unspecified atom stereocenters. The number of thioether (sulfide) groups is 1. The number of anilines is 2. The Hall–Kier alpha value is -8.26. The lowest BCUT2D eigenvalue weighted by molar-refractivity contribution is -0.122. The highest BCUT2D eigenvalue weighted by atomic mass is 32.2. The number of Topliss-reactive ketones (excluding diaryl/α,β-unsaturated/α-hetero) is 10. The number of aromatic nitrogens is 3. The zero-order valence-corrected chi connectivity index (χ0v) is 77.8. The van der Waals surface area contributed by atoms with Crippen molar-refractivity contribution in [1.29, 1.82) is 0 Å². The number of carbonyl (C=O) groups is 12. The number of aryl methyl sites for hydroxylation is 1. The fraction of sp³-hybridized carbons (Fsp3) is 0.581. The van der Waals surface area contributed by atoms with Crippen molar-refractivity contribution < 1.29 is 120 Å². The summed E-state index contributed by atoms with van der Waals surface area (Å²) in [6.45, 7) is 9.01. The molecule has 16 N–H and O–H groups in total. The Morgan fingerprint density at radius 2 is 0.892 bits per heavy atom. The first-order valence-corrected chi connectivity index (χ1v) is 47.2. The average Bonchev–Trinajstić information content (AvgIpc) is 1.62. The first-order valence-electron chi connectivity index (χ1n) is 44.0. The minimum Gasteiger partial charge on any atom is -0.427 e. The molecule has 0 aliphatic carbocycles. The van der Waals surface area contributed by atoms with Gasteiger partial charge in [-0.3, -0.25) is 62.5 Å². The van der Waals surface area contributed by atoms with Gasteiger partial charge < -0.3 is 96.5 Å². The molecule has 9 heterocycles. The van der Waals surface area contributed by atoms with Crippen molar-refractivity contribution in [2.45, 2.75) is 299 Å². The van der Waals surface area contributed by atoms with Crippen molar-refractivity contribution in [3.8, 4) is 0 Å². The normalized spacial score (nSPS) is 22.4. The Balaban J connectivity index is 0.000000241. The second kappa shape index (κ2) is 58.7. The molecule has 0 spiro atoms. The number of amides is 2. The minimum atomic E-state index is -1.09. The Bertz CT molecular complexity index is 4430. The molecule has 6 saturated heterocycles. The maximum Gasteiger partial charge on any atom is 0.478 e. The van der Waals surface area contributed by atoms with Crippen molar-refractivity contribution in [2.75, 3.05) is 30.6 Å². The molecule has 14 atom stereocenters. The quantitative estimate of drug-likeness (QED) is 0.0114. The van der Waals surface area contributed by atoms with Gasteiger partial charge in [-0.1, -0.05) is 59.8 Å². The van der Waals surface area contributed by atoms with Crippen LogP contribution in [0.4, 0.5) is 10.3 Å². The van der Waals surface area contributed by atoms with Crippen LogP contribution in [0.25, 0.3) is 0 Å². The van der Waals surface area contributed by atoms with Crippen LogP contribution in [-0.4, -0.2) is 243 Å². The number of nitrogens with one attached hydrogen (secondary N) is 2. The van der Waals surface area contributed by atoms with Gasteiger partial charge in [0.15, 0.2) is 21.8 Å². The highest BCUT2D eigenvalue weighted by molar-refractivity contribution is 7.98. The third-order valence-corrected chi connectivity index (χ3v) is 24.3. The summed E-state index contributed by atoms with van der Waals surface area (Å²) in [7, 11) is -4.82. The minimum absolute atomic E-state index is 0.0114. The summed E-state index contributed by atoms with van der Waals surface area (Å²) in [6, 6.07) is 21.4. The zero-order valence-electron chi connectivity index (χ0n) is 75.3. The standard InChI is InChI=1S/C17H23BO4.C16H23BN2O4.C14H20BN3O5S.C14H18BNO4.C13H24BNO4S.C12H18BN3O4S/c1-13(19)11-17-10-8-15(18(21)22-17)12-16(20)9-7-14-5-3-2-4-6-14;1-11(20)7-14-5-4-13(17(22)23-14)9-16(21)15(18)8-12-3-2-6-19-10-12;1-8(19)5-10-4-3-9(15(21)23-10)6-12(20)13(18-22-2)11-7-24-14(16)17-11;1-10(17)9-12-7-8-13(15(19)20-12)16-14(18)11-5-3-2-4-6-11;1-9(16)7-11-4-3-10(14(18)19-11)8-13(17)12(15)5-6-20-2;1-7(17)4-9-2-3-10(13(19)20-9)16-11(18)5-8-6-21-12(14)15-8/h2-6,15,17,21H,7-12H2,1H3;2-3,6,10,13-15,22H,4-5,7-9,18H2,1H3;7,9-10,21H,3-6H2,1-2H3,(H2,16,17);2-6,12-13,19H,7-9H2,1H3,(H,16,18);10-12,18H,3-8,15H2,1-2H3;6,9-10,19H,2-5H2,1H3,(H2,14,15)(H,16,18)/b;;18-13-;;;/t15-,17+;13-,14+,15?;9-,10+;12-,13-;10-,11+,12?;9-,10-/m111010/s1. The summed E-state index contributed by atoms with van der Waals surface area (Å²) in [5.74, 6) is -1.52. The van der Waals surface area contributed by atoms with E-state index in [2.05, 4.69) is 30.7 Å². The second-order valence-electron chi connectivity index (χ2n) is 33.8. The molecule has 35 nitrogen and oxygen atoms in total. The number of pyridine rings is 1. The Labute approximate surface area is 774 Å². The lowest BCUT2D eigenvalue weighted by atomic mass is 9.64. The number of carbonyl (C=O) groups excluding carboxylic acids is 12. The van der Waals surface area contributed by atoms with Gasteiger partial charge in [-0.2, -0.15) is 11.8 Å². The van der Waals surface area contributed by atoms with E-state index in [9.17, 15) is 87.7 Å². The first kappa shape index (κ1) is 110. The van der Waals surface area contributed by atoms with E-state index in [1.54, 1.807) is 65.2 Å². The fourth-order valence-corrected chi connectivity index (χ4v) is 17.1. The van der Waals surface area contributed by atoms with Crippen molar-refractivity contribution >= 4 is 163 Å². The van der Waals surface area contributed by atoms with Crippen LogP contribution < -0.4 is 33.6 Å². The number of nitrogens with two attached hydrogens (primary N) is 4. The predicted octanol–water partition coefficient (Wildman–Crippen LogP) is 6.48. The van der Waals surface area contributed by atoms with E-state index < -0.39 is 66.7 Å². The molecule has 706 valence electrons. The molecule has 44 heteroatoms. The van der Waals surface area contributed by atoms with Gasteiger partial charge in [0.1, 0.15) is 64.9 Å². The van der Waals surface area contributed by atoms with Gasteiger partial charge in [-0.25, -0.2) is 9.97 Å². The molecule has 6 aliphatic heterocycles. The number of benzene rings is 2. The van der Waals surface area contributed by atoms with Gasteiger partial charge in [0.05, 0.1) is 36.1 Å². The van der Waals surface area contributed by atoms with Crippen LogP contribution in [0.1, 0.15) is 229 Å². The number of oxime groups is 1. The molecule has 0 bridgehead atoms. The smallest absolute Gasteiger partial charge is 0.427 e. The van der Waals surface area contributed by atoms with E-state index in [1.165, 1.54) is 71.3 Å². The fourth-order valence-electron chi connectivity index (χ4n) is 15.5. The van der Waals surface area contributed by atoms with Gasteiger partial charge in [0.25, 0.3) is 5.91 Å². The summed E-state index contributed by atoms with van der Waals surface area (Å²) in [6.07, 6.45) is 16.8. The molecule has 2 aromatic carbocycles. The molecule has 5 aromatic rings. The zero-order chi connectivity index (χ0) is 95.5. The number of hydrogen-bond donors (Lipinski definition) is 12. The van der Waals surface area contributed by atoms with Crippen molar-refractivity contribution in [1.82, 2.24) is 25.6 Å². The third kappa shape index (κ3) is 42.3. The average molecular weight is 1860 g/mol. The maximum atomic E-state index is 12.5.